The Labute approximate surface area is 179 Å². The summed E-state index contributed by atoms with van der Waals surface area (Å²) in [4.78, 5) is 27.3. The standard InChI is InChI=1S/C24H32N2O2S/c1-18(2)25-24(28)20(4)26(15-14-21-11-6-5-7-12-21)23(27)17-29-16-22-13-9-8-10-19(22)3/h5-13,18,20H,14-17H2,1-4H3,(H,25,28). The molecule has 1 N–H and O–H groups in total. The second-order valence-corrected chi connectivity index (χ2v) is 8.57. The van der Waals surface area contributed by atoms with Gasteiger partial charge in [-0.2, -0.15) is 0 Å². The minimum absolute atomic E-state index is 0.00548. The van der Waals surface area contributed by atoms with Gasteiger partial charge in [-0.3, -0.25) is 9.59 Å². The molecule has 0 aromatic heterocycles. The van der Waals surface area contributed by atoms with Gasteiger partial charge in [0.25, 0.3) is 0 Å². The van der Waals surface area contributed by atoms with Crippen LogP contribution in [0.15, 0.2) is 54.6 Å². The van der Waals surface area contributed by atoms with E-state index in [9.17, 15) is 9.59 Å². The van der Waals surface area contributed by atoms with Crippen molar-refractivity contribution >= 4 is 23.6 Å². The number of carbonyl (C=O) groups is 2. The van der Waals surface area contributed by atoms with E-state index in [1.807, 2.05) is 51.1 Å². The van der Waals surface area contributed by atoms with Crippen LogP contribution >= 0.6 is 11.8 Å². The zero-order valence-corrected chi connectivity index (χ0v) is 18.7. The van der Waals surface area contributed by atoms with Gasteiger partial charge in [-0.1, -0.05) is 54.6 Å². The van der Waals surface area contributed by atoms with Crippen LogP contribution in [0.1, 0.15) is 37.5 Å². The Morgan fingerprint density at radius 1 is 1.00 bits per heavy atom. The van der Waals surface area contributed by atoms with E-state index in [-0.39, 0.29) is 17.9 Å². The van der Waals surface area contributed by atoms with Gasteiger partial charge in [0.1, 0.15) is 6.04 Å². The van der Waals surface area contributed by atoms with Crippen LogP contribution < -0.4 is 5.32 Å². The zero-order valence-electron chi connectivity index (χ0n) is 17.9. The smallest absolute Gasteiger partial charge is 0.242 e. The van der Waals surface area contributed by atoms with Crippen LogP contribution in [0.25, 0.3) is 0 Å². The lowest BCUT2D eigenvalue weighted by molar-refractivity contribution is -0.138. The summed E-state index contributed by atoms with van der Waals surface area (Å²) in [5.74, 6) is 1.05. The summed E-state index contributed by atoms with van der Waals surface area (Å²) in [6, 6.07) is 17.9. The van der Waals surface area contributed by atoms with E-state index in [2.05, 4.69) is 36.5 Å². The van der Waals surface area contributed by atoms with Gasteiger partial charge in [0.05, 0.1) is 5.75 Å². The van der Waals surface area contributed by atoms with E-state index in [4.69, 9.17) is 0 Å². The molecule has 1 unspecified atom stereocenters. The molecule has 1 atom stereocenters. The van der Waals surface area contributed by atoms with Crippen LogP contribution in [-0.2, 0) is 21.8 Å². The van der Waals surface area contributed by atoms with E-state index >= 15 is 0 Å². The first kappa shape index (κ1) is 23.0. The molecule has 2 amide bonds. The average Bonchev–Trinajstić information content (AvgIpc) is 2.69. The molecular weight excluding hydrogens is 380 g/mol. The summed E-state index contributed by atoms with van der Waals surface area (Å²) in [6.07, 6.45) is 0.730. The van der Waals surface area contributed by atoms with Gasteiger partial charge in [-0.05, 0) is 50.8 Å². The van der Waals surface area contributed by atoms with Crippen LogP contribution in [0.5, 0.6) is 0 Å². The van der Waals surface area contributed by atoms with Gasteiger partial charge in [-0.15, -0.1) is 11.8 Å². The molecule has 4 nitrogen and oxygen atoms in total. The molecule has 0 aliphatic heterocycles. The Kier molecular flexibility index (Phi) is 9.26. The summed E-state index contributed by atoms with van der Waals surface area (Å²) in [5.41, 5.74) is 3.64. The largest absolute Gasteiger partial charge is 0.352 e. The maximum atomic E-state index is 13.0. The van der Waals surface area contributed by atoms with Gasteiger partial charge in [0.2, 0.25) is 11.8 Å². The Balaban J connectivity index is 2.00. The normalized spacial score (nSPS) is 11.9. The van der Waals surface area contributed by atoms with Gasteiger partial charge < -0.3 is 10.2 Å². The molecule has 2 aromatic rings. The van der Waals surface area contributed by atoms with Gasteiger partial charge in [0, 0.05) is 18.3 Å². The molecule has 0 bridgehead atoms. The monoisotopic (exact) mass is 412 g/mol. The Hall–Kier alpha value is -2.27. The van der Waals surface area contributed by atoms with E-state index < -0.39 is 6.04 Å². The van der Waals surface area contributed by atoms with Crippen molar-refractivity contribution in [3.8, 4) is 0 Å². The molecule has 2 aromatic carbocycles. The number of nitrogens with zero attached hydrogens (tertiary/aromatic N) is 1. The molecule has 5 heteroatoms. The number of hydrogen-bond acceptors (Lipinski definition) is 3. The second-order valence-electron chi connectivity index (χ2n) is 7.58. The number of hydrogen-bond donors (Lipinski definition) is 1. The molecule has 2 rings (SSSR count). The highest BCUT2D eigenvalue weighted by Crippen LogP contribution is 2.17. The number of amides is 2. The van der Waals surface area contributed by atoms with Crippen LogP contribution in [0.3, 0.4) is 0 Å². The van der Waals surface area contributed by atoms with Gasteiger partial charge >= 0.3 is 0 Å². The van der Waals surface area contributed by atoms with Crippen molar-refractivity contribution in [1.82, 2.24) is 10.2 Å². The van der Waals surface area contributed by atoms with Crippen molar-refractivity contribution < 1.29 is 9.59 Å². The van der Waals surface area contributed by atoms with Crippen molar-refractivity contribution in [2.24, 2.45) is 0 Å². The van der Waals surface area contributed by atoms with Crippen molar-refractivity contribution in [1.29, 1.82) is 0 Å². The molecule has 156 valence electrons. The summed E-state index contributed by atoms with van der Waals surface area (Å²) < 4.78 is 0. The molecule has 0 saturated heterocycles. The highest BCUT2D eigenvalue weighted by molar-refractivity contribution is 7.99. The summed E-state index contributed by atoms with van der Waals surface area (Å²) in [7, 11) is 0. The number of aryl methyl sites for hydroxylation is 1. The molecule has 0 aliphatic rings. The number of carbonyl (C=O) groups excluding carboxylic acids is 2. The highest BCUT2D eigenvalue weighted by Gasteiger charge is 2.25. The third-order valence-corrected chi connectivity index (χ3v) is 5.79. The molecule has 0 heterocycles. The average molecular weight is 413 g/mol. The number of nitrogens with one attached hydrogen (secondary N) is 1. The molecule has 0 radical (unpaired) electrons. The van der Waals surface area contributed by atoms with E-state index in [0.717, 1.165) is 17.7 Å². The maximum absolute atomic E-state index is 13.0. The number of benzene rings is 2. The van der Waals surface area contributed by atoms with Crippen LogP contribution in [-0.4, -0.2) is 41.1 Å². The third-order valence-electron chi connectivity index (χ3n) is 4.83. The van der Waals surface area contributed by atoms with Gasteiger partial charge in [0.15, 0.2) is 0 Å². The third kappa shape index (κ3) is 7.58. The SMILES string of the molecule is Cc1ccccc1CSCC(=O)N(CCc1ccccc1)C(C)C(=O)NC(C)C. The summed E-state index contributed by atoms with van der Waals surface area (Å²) >= 11 is 1.60. The molecule has 29 heavy (non-hydrogen) atoms. The van der Waals surface area contributed by atoms with E-state index in [1.165, 1.54) is 11.1 Å². The minimum atomic E-state index is -0.493. The second kappa shape index (κ2) is 11.7. The van der Waals surface area contributed by atoms with Gasteiger partial charge in [-0.25, -0.2) is 0 Å². The fraction of sp³-hybridized carbons (Fsp3) is 0.417. The number of rotatable bonds is 10. The molecule has 0 saturated carbocycles. The summed E-state index contributed by atoms with van der Waals surface area (Å²) in [5, 5.41) is 2.93. The molecular formula is C24H32N2O2S. The van der Waals surface area contributed by atoms with E-state index in [0.29, 0.717) is 12.3 Å². The summed E-state index contributed by atoms with van der Waals surface area (Å²) in [6.45, 7) is 8.28. The fourth-order valence-electron chi connectivity index (χ4n) is 3.08. The first-order valence-electron chi connectivity index (χ1n) is 10.1. The van der Waals surface area contributed by atoms with Crippen molar-refractivity contribution in [3.05, 3.63) is 71.3 Å². The quantitative estimate of drug-likeness (QED) is 0.636. The van der Waals surface area contributed by atoms with Crippen LogP contribution in [0.2, 0.25) is 0 Å². The molecule has 0 spiro atoms. The highest BCUT2D eigenvalue weighted by atomic mass is 32.2. The lowest BCUT2D eigenvalue weighted by Crippen LogP contribution is -2.50. The Morgan fingerprint density at radius 3 is 2.31 bits per heavy atom. The van der Waals surface area contributed by atoms with Crippen molar-refractivity contribution in [3.63, 3.8) is 0 Å². The fourth-order valence-corrected chi connectivity index (χ4v) is 4.06. The van der Waals surface area contributed by atoms with E-state index in [1.54, 1.807) is 16.7 Å². The zero-order chi connectivity index (χ0) is 21.2. The number of thioether (sulfide) groups is 1. The predicted octanol–water partition coefficient (Wildman–Crippen LogP) is 4.21. The maximum Gasteiger partial charge on any atom is 0.242 e. The molecule has 0 fully saturated rings. The van der Waals surface area contributed by atoms with Crippen LogP contribution in [0, 0.1) is 6.92 Å². The first-order valence-corrected chi connectivity index (χ1v) is 11.3. The minimum Gasteiger partial charge on any atom is -0.352 e. The topological polar surface area (TPSA) is 49.4 Å². The first-order chi connectivity index (χ1) is 13.9. The Bertz CT molecular complexity index is 792. The lowest BCUT2D eigenvalue weighted by atomic mass is 10.1. The Morgan fingerprint density at radius 2 is 1.66 bits per heavy atom. The molecule has 0 aliphatic carbocycles. The van der Waals surface area contributed by atoms with Crippen LogP contribution in [0.4, 0.5) is 0 Å². The predicted molar refractivity (Wildman–Crippen MR) is 122 cm³/mol. The van der Waals surface area contributed by atoms with Crippen molar-refractivity contribution in [2.45, 2.75) is 52.0 Å². The van der Waals surface area contributed by atoms with Crippen molar-refractivity contribution in [2.75, 3.05) is 12.3 Å². The lowest BCUT2D eigenvalue weighted by Gasteiger charge is -2.29.